The zero-order valence-corrected chi connectivity index (χ0v) is 15.2. The second-order valence-electron chi connectivity index (χ2n) is 8.74. The van der Waals surface area contributed by atoms with Crippen LogP contribution in [0, 0.1) is 41.4 Å². The average Bonchev–Trinajstić information content (AvgIpc) is 3.11. The number of cyclic esters (lactones) is 1. The third-order valence-corrected chi connectivity index (χ3v) is 7.38. The smallest absolute Gasteiger partial charge is 0.311 e. The molecule has 2 aliphatic heterocycles. The molecule has 0 N–H and O–H groups in total. The molecule has 4 nitrogen and oxygen atoms in total. The Balaban J connectivity index is 1.64. The van der Waals surface area contributed by atoms with Gasteiger partial charge in [-0.15, -0.1) is 0 Å². The second kappa shape index (κ2) is 5.60. The Labute approximate surface area is 144 Å². The number of fused-ring (bicyclic) bond motifs is 2. The van der Waals surface area contributed by atoms with Crippen LogP contribution in [0.4, 0.5) is 0 Å². The maximum atomic E-state index is 13.2. The molecule has 1 amide bonds. The van der Waals surface area contributed by atoms with Crippen LogP contribution in [0.1, 0.15) is 53.4 Å². The lowest BCUT2D eigenvalue weighted by molar-refractivity contribution is -0.190. The van der Waals surface area contributed by atoms with E-state index in [2.05, 4.69) is 27.7 Å². The quantitative estimate of drug-likeness (QED) is 0.690. The highest BCUT2D eigenvalue weighted by atomic mass is 16.6. The number of allylic oxidation sites excluding steroid dienone is 1. The molecule has 0 radical (unpaired) electrons. The highest BCUT2D eigenvalue weighted by molar-refractivity contribution is 5.83. The van der Waals surface area contributed by atoms with Crippen LogP contribution < -0.4 is 0 Å². The van der Waals surface area contributed by atoms with Gasteiger partial charge in [0, 0.05) is 18.0 Å². The summed E-state index contributed by atoms with van der Waals surface area (Å²) in [5.74, 6) is 1.95. The lowest BCUT2D eigenvalue weighted by Gasteiger charge is -2.45. The molecule has 4 rings (SSSR count). The van der Waals surface area contributed by atoms with Crippen LogP contribution in [-0.4, -0.2) is 23.0 Å². The van der Waals surface area contributed by atoms with E-state index in [4.69, 9.17) is 4.74 Å². The maximum Gasteiger partial charge on any atom is 0.311 e. The molecule has 8 atom stereocenters. The predicted octanol–water partition coefficient (Wildman–Crippen LogP) is 3.58. The molecule has 2 heterocycles. The van der Waals surface area contributed by atoms with E-state index in [1.165, 1.54) is 5.57 Å². The number of amides is 1. The number of nitrogens with zero attached hydrogens (tertiary/aromatic N) is 1. The number of ether oxygens (including phenoxy) is 1. The molecule has 4 aliphatic rings. The van der Waals surface area contributed by atoms with Crippen LogP contribution in [0.3, 0.4) is 0 Å². The summed E-state index contributed by atoms with van der Waals surface area (Å²) >= 11 is 0. The molecule has 0 aromatic rings. The van der Waals surface area contributed by atoms with Crippen LogP contribution in [0.2, 0.25) is 0 Å². The van der Waals surface area contributed by atoms with E-state index in [1.54, 1.807) is 4.90 Å². The Morgan fingerprint density at radius 1 is 1.00 bits per heavy atom. The SMILES string of the molecule is CC1=CN(C2OC(=O)C3C(C)CCC3C2C)C(=O)C2C(C)CCC12. The number of rotatable bonds is 1. The molecule has 8 unspecified atom stereocenters. The van der Waals surface area contributed by atoms with Gasteiger partial charge in [-0.05, 0) is 56.3 Å². The monoisotopic (exact) mass is 331 g/mol. The Morgan fingerprint density at radius 2 is 1.67 bits per heavy atom. The Bertz CT molecular complexity index is 598. The van der Waals surface area contributed by atoms with E-state index in [1.807, 2.05) is 6.20 Å². The first-order chi connectivity index (χ1) is 11.4. The first kappa shape index (κ1) is 16.2. The summed E-state index contributed by atoms with van der Waals surface area (Å²) in [5.41, 5.74) is 1.27. The molecular weight excluding hydrogens is 302 g/mol. The number of esters is 1. The fourth-order valence-corrected chi connectivity index (χ4v) is 5.93. The van der Waals surface area contributed by atoms with E-state index in [0.29, 0.717) is 23.7 Å². The highest BCUT2D eigenvalue weighted by Gasteiger charge is 2.53. The minimum atomic E-state index is -0.416. The van der Waals surface area contributed by atoms with Gasteiger partial charge < -0.3 is 4.74 Å². The Morgan fingerprint density at radius 3 is 2.42 bits per heavy atom. The molecule has 0 aromatic heterocycles. The van der Waals surface area contributed by atoms with Gasteiger partial charge in [0.25, 0.3) is 0 Å². The average molecular weight is 331 g/mol. The topological polar surface area (TPSA) is 46.6 Å². The molecule has 1 saturated heterocycles. The molecule has 24 heavy (non-hydrogen) atoms. The number of hydrogen-bond donors (Lipinski definition) is 0. The van der Waals surface area contributed by atoms with Crippen LogP contribution in [0.5, 0.6) is 0 Å². The summed E-state index contributed by atoms with van der Waals surface area (Å²) in [6.45, 7) is 8.63. The number of carbonyl (C=O) groups excluding carboxylic acids is 2. The molecule has 2 aliphatic carbocycles. The molecular formula is C20H29NO3. The second-order valence-corrected chi connectivity index (χ2v) is 8.74. The van der Waals surface area contributed by atoms with Crippen molar-refractivity contribution in [1.82, 2.24) is 4.90 Å². The standard InChI is InChI=1S/C20H29NO3/c1-10-5-7-14-12(3)9-21(18(22)16(10)14)19-13(4)15-8-6-11(2)17(15)20(23)24-19/h9-11,13-17,19H,5-8H2,1-4H3. The lowest BCUT2D eigenvalue weighted by atomic mass is 9.77. The Kier molecular flexibility index (Phi) is 3.77. The molecule has 132 valence electrons. The fraction of sp³-hybridized carbons (Fsp3) is 0.800. The summed E-state index contributed by atoms with van der Waals surface area (Å²) in [6.07, 6.45) is 5.95. The van der Waals surface area contributed by atoms with Gasteiger partial charge in [0.15, 0.2) is 6.23 Å². The summed E-state index contributed by atoms with van der Waals surface area (Å²) in [6, 6.07) is 0. The van der Waals surface area contributed by atoms with Crippen LogP contribution in [0.15, 0.2) is 11.8 Å². The highest BCUT2D eigenvalue weighted by Crippen LogP contribution is 2.49. The van der Waals surface area contributed by atoms with Gasteiger partial charge in [-0.1, -0.05) is 26.3 Å². The van der Waals surface area contributed by atoms with Gasteiger partial charge in [0.2, 0.25) is 5.91 Å². The van der Waals surface area contributed by atoms with Crippen LogP contribution in [0.25, 0.3) is 0 Å². The maximum absolute atomic E-state index is 13.2. The third kappa shape index (κ3) is 2.18. The molecule has 2 saturated carbocycles. The van der Waals surface area contributed by atoms with Crippen molar-refractivity contribution in [1.29, 1.82) is 0 Å². The summed E-state index contributed by atoms with van der Waals surface area (Å²) in [4.78, 5) is 27.5. The molecule has 0 aromatic carbocycles. The van der Waals surface area contributed by atoms with Crippen molar-refractivity contribution >= 4 is 11.9 Å². The van der Waals surface area contributed by atoms with Crippen molar-refractivity contribution in [2.45, 2.75) is 59.6 Å². The summed E-state index contributed by atoms with van der Waals surface area (Å²) < 4.78 is 5.85. The van der Waals surface area contributed by atoms with Gasteiger partial charge in [0.05, 0.1) is 5.92 Å². The minimum absolute atomic E-state index is 0.0272. The molecule has 0 bridgehead atoms. The molecule has 3 fully saturated rings. The van der Waals surface area contributed by atoms with Crippen LogP contribution >= 0.6 is 0 Å². The Hall–Kier alpha value is -1.32. The van der Waals surface area contributed by atoms with Gasteiger partial charge >= 0.3 is 5.97 Å². The van der Waals surface area contributed by atoms with Gasteiger partial charge in [-0.2, -0.15) is 0 Å². The first-order valence-electron chi connectivity index (χ1n) is 9.61. The normalized spacial score (nSPS) is 48.0. The van der Waals surface area contributed by atoms with Crippen molar-refractivity contribution in [2.75, 3.05) is 0 Å². The van der Waals surface area contributed by atoms with Crippen molar-refractivity contribution < 1.29 is 14.3 Å². The molecule has 4 heteroatoms. The van der Waals surface area contributed by atoms with E-state index < -0.39 is 6.23 Å². The first-order valence-corrected chi connectivity index (χ1v) is 9.61. The lowest BCUT2D eigenvalue weighted by Crippen LogP contribution is -2.55. The van der Waals surface area contributed by atoms with Crippen molar-refractivity contribution in [3.8, 4) is 0 Å². The summed E-state index contributed by atoms with van der Waals surface area (Å²) in [5, 5.41) is 0. The largest absolute Gasteiger partial charge is 0.441 e. The summed E-state index contributed by atoms with van der Waals surface area (Å²) in [7, 11) is 0. The van der Waals surface area contributed by atoms with Gasteiger partial charge in [0.1, 0.15) is 0 Å². The van der Waals surface area contributed by atoms with Crippen molar-refractivity contribution in [3.63, 3.8) is 0 Å². The van der Waals surface area contributed by atoms with E-state index >= 15 is 0 Å². The molecule has 0 spiro atoms. The third-order valence-electron chi connectivity index (χ3n) is 7.38. The minimum Gasteiger partial charge on any atom is -0.441 e. The van der Waals surface area contributed by atoms with E-state index in [0.717, 1.165) is 25.7 Å². The van der Waals surface area contributed by atoms with Crippen LogP contribution in [-0.2, 0) is 14.3 Å². The number of hydrogen-bond acceptors (Lipinski definition) is 3. The zero-order valence-electron chi connectivity index (χ0n) is 15.2. The van der Waals surface area contributed by atoms with Gasteiger partial charge in [-0.25, -0.2) is 0 Å². The predicted molar refractivity (Wildman–Crippen MR) is 90.4 cm³/mol. The zero-order chi connectivity index (χ0) is 17.2. The van der Waals surface area contributed by atoms with Crippen molar-refractivity contribution in [2.24, 2.45) is 41.4 Å². The van der Waals surface area contributed by atoms with E-state index in [-0.39, 0.29) is 29.6 Å². The number of carbonyl (C=O) groups is 2. The van der Waals surface area contributed by atoms with E-state index in [9.17, 15) is 9.59 Å². The fourth-order valence-electron chi connectivity index (χ4n) is 5.93. The van der Waals surface area contributed by atoms with Crippen molar-refractivity contribution in [3.05, 3.63) is 11.8 Å². The van der Waals surface area contributed by atoms with Gasteiger partial charge in [-0.3, -0.25) is 14.5 Å².